The van der Waals surface area contributed by atoms with E-state index in [0.717, 1.165) is 23.7 Å². The van der Waals surface area contributed by atoms with Gasteiger partial charge in [0.1, 0.15) is 5.82 Å². The van der Waals surface area contributed by atoms with Gasteiger partial charge in [0.05, 0.1) is 10.9 Å². The Balaban J connectivity index is 2.32. The predicted octanol–water partition coefficient (Wildman–Crippen LogP) is 2.98. The number of hydrogen-bond acceptors (Lipinski definition) is 0. The van der Waals surface area contributed by atoms with E-state index in [9.17, 15) is 4.39 Å². The van der Waals surface area contributed by atoms with Gasteiger partial charge in [0, 0.05) is 18.6 Å². The first-order valence-corrected chi connectivity index (χ1v) is 5.39. The van der Waals surface area contributed by atoms with Crippen molar-refractivity contribution < 1.29 is 4.39 Å². The van der Waals surface area contributed by atoms with Crippen LogP contribution in [0.1, 0.15) is 18.4 Å². The van der Waals surface area contributed by atoms with E-state index in [-0.39, 0.29) is 11.2 Å². The molecule has 1 aliphatic carbocycles. The van der Waals surface area contributed by atoms with E-state index in [0.29, 0.717) is 0 Å². The Bertz CT molecular complexity index is 611. The van der Waals surface area contributed by atoms with Crippen LogP contribution in [0.25, 0.3) is 10.9 Å². The van der Waals surface area contributed by atoms with Gasteiger partial charge in [0.15, 0.2) is 0 Å². The molecule has 16 heavy (non-hydrogen) atoms. The fourth-order valence-electron chi connectivity index (χ4n) is 2.35. The highest BCUT2D eigenvalue weighted by Gasteiger charge is 2.44. The minimum Gasteiger partial charge on any atom is -0.350 e. The van der Waals surface area contributed by atoms with Crippen LogP contribution < -0.4 is 0 Å². The maximum Gasteiger partial charge on any atom is 0.125 e. The van der Waals surface area contributed by atoms with Gasteiger partial charge in [-0.15, -0.1) is 6.42 Å². The van der Waals surface area contributed by atoms with Crippen LogP contribution in [-0.2, 0) is 12.5 Å². The molecule has 1 aromatic carbocycles. The highest BCUT2D eigenvalue weighted by Crippen LogP contribution is 2.50. The first kappa shape index (κ1) is 9.47. The molecular weight excluding hydrogens is 201 g/mol. The lowest BCUT2D eigenvalue weighted by Crippen LogP contribution is -2.00. The molecule has 0 bridgehead atoms. The Morgan fingerprint density at radius 1 is 1.44 bits per heavy atom. The van der Waals surface area contributed by atoms with Crippen molar-refractivity contribution in [1.29, 1.82) is 0 Å². The number of fused-ring (bicyclic) bond motifs is 1. The molecule has 1 saturated carbocycles. The lowest BCUT2D eigenvalue weighted by Gasteiger charge is -2.04. The number of benzene rings is 1. The summed E-state index contributed by atoms with van der Waals surface area (Å²) in [6.07, 6.45) is 9.72. The van der Waals surface area contributed by atoms with E-state index in [1.165, 1.54) is 11.6 Å². The number of hydrogen-bond donors (Lipinski definition) is 0. The maximum absolute atomic E-state index is 13.2. The molecule has 1 nitrogen and oxygen atoms in total. The number of terminal acetylenes is 1. The minimum atomic E-state index is -0.203. The van der Waals surface area contributed by atoms with Gasteiger partial charge in [0.2, 0.25) is 0 Å². The van der Waals surface area contributed by atoms with Gasteiger partial charge in [-0.3, -0.25) is 0 Å². The summed E-state index contributed by atoms with van der Waals surface area (Å²) in [4.78, 5) is 0. The van der Waals surface area contributed by atoms with E-state index >= 15 is 0 Å². The van der Waals surface area contributed by atoms with Crippen LogP contribution in [0.2, 0.25) is 0 Å². The molecule has 0 unspecified atom stereocenters. The zero-order valence-electron chi connectivity index (χ0n) is 9.13. The van der Waals surface area contributed by atoms with Crippen molar-refractivity contribution in [1.82, 2.24) is 4.57 Å². The fourth-order valence-corrected chi connectivity index (χ4v) is 2.35. The van der Waals surface area contributed by atoms with E-state index in [2.05, 4.69) is 5.92 Å². The average Bonchev–Trinajstić information content (AvgIpc) is 3.01. The minimum absolute atomic E-state index is 0.0860. The van der Waals surface area contributed by atoms with E-state index in [1.807, 2.05) is 23.9 Å². The van der Waals surface area contributed by atoms with Gasteiger partial charge >= 0.3 is 0 Å². The van der Waals surface area contributed by atoms with E-state index in [1.54, 1.807) is 6.07 Å². The quantitative estimate of drug-likeness (QED) is 0.642. The van der Waals surface area contributed by atoms with Crippen LogP contribution in [0.4, 0.5) is 4.39 Å². The van der Waals surface area contributed by atoms with Gasteiger partial charge in [-0.25, -0.2) is 4.39 Å². The van der Waals surface area contributed by atoms with Gasteiger partial charge < -0.3 is 4.57 Å². The molecule has 1 aromatic heterocycles. The van der Waals surface area contributed by atoms with Crippen molar-refractivity contribution in [3.05, 3.63) is 35.8 Å². The highest BCUT2D eigenvalue weighted by atomic mass is 19.1. The summed E-state index contributed by atoms with van der Waals surface area (Å²) < 4.78 is 15.1. The highest BCUT2D eigenvalue weighted by molar-refractivity contribution is 5.86. The molecule has 0 spiro atoms. The summed E-state index contributed by atoms with van der Waals surface area (Å²) in [6, 6.07) is 4.89. The lowest BCUT2D eigenvalue weighted by molar-refractivity contribution is 0.629. The summed E-state index contributed by atoms with van der Waals surface area (Å²) >= 11 is 0. The molecular formula is C14H12FN. The van der Waals surface area contributed by atoms with E-state index < -0.39 is 0 Å². The van der Waals surface area contributed by atoms with Crippen LogP contribution in [0, 0.1) is 18.2 Å². The third kappa shape index (κ3) is 1.12. The Labute approximate surface area is 93.9 Å². The van der Waals surface area contributed by atoms with Crippen LogP contribution in [0.3, 0.4) is 0 Å². The molecule has 0 atom stereocenters. The molecule has 1 heterocycles. The number of nitrogens with zero attached hydrogens (tertiary/aromatic N) is 1. The summed E-state index contributed by atoms with van der Waals surface area (Å²) in [5.74, 6) is 2.68. The standard InChI is InChI=1S/C14H12FN/c1-3-14(6-7-14)12-9-16(2)13-8-10(15)4-5-11(12)13/h1,4-5,8-9H,6-7H2,2H3. The van der Waals surface area contributed by atoms with Gasteiger partial charge in [-0.1, -0.05) is 5.92 Å². The summed E-state index contributed by atoms with van der Waals surface area (Å²) in [5.41, 5.74) is 2.00. The van der Waals surface area contributed by atoms with Crippen LogP contribution in [-0.4, -0.2) is 4.57 Å². The molecule has 80 valence electrons. The molecule has 2 heteroatoms. The van der Waals surface area contributed by atoms with Gasteiger partial charge in [-0.2, -0.15) is 0 Å². The molecule has 1 fully saturated rings. The van der Waals surface area contributed by atoms with Crippen molar-refractivity contribution in [3.63, 3.8) is 0 Å². The Kier molecular flexibility index (Phi) is 1.71. The maximum atomic E-state index is 13.2. The summed E-state index contributed by atoms with van der Waals surface area (Å²) in [5, 5.41) is 1.08. The number of aryl methyl sites for hydroxylation is 1. The third-order valence-electron chi connectivity index (χ3n) is 3.49. The Hall–Kier alpha value is -1.75. The van der Waals surface area contributed by atoms with E-state index in [4.69, 9.17) is 6.42 Å². The second kappa shape index (κ2) is 2.89. The molecule has 0 radical (unpaired) electrons. The Morgan fingerprint density at radius 3 is 2.81 bits per heavy atom. The second-order valence-electron chi connectivity index (χ2n) is 4.54. The number of halogens is 1. The molecule has 0 saturated heterocycles. The monoisotopic (exact) mass is 213 g/mol. The van der Waals surface area contributed by atoms with Crippen molar-refractivity contribution in [3.8, 4) is 12.3 Å². The predicted molar refractivity (Wildman–Crippen MR) is 62.6 cm³/mol. The lowest BCUT2D eigenvalue weighted by atomic mass is 9.96. The smallest absolute Gasteiger partial charge is 0.125 e. The van der Waals surface area contributed by atoms with Crippen LogP contribution in [0.5, 0.6) is 0 Å². The van der Waals surface area contributed by atoms with Crippen molar-refractivity contribution >= 4 is 10.9 Å². The van der Waals surface area contributed by atoms with Crippen molar-refractivity contribution in [2.24, 2.45) is 7.05 Å². The zero-order chi connectivity index (χ0) is 11.3. The zero-order valence-corrected chi connectivity index (χ0v) is 9.13. The summed E-state index contributed by atoms with van der Waals surface area (Å²) in [6.45, 7) is 0. The molecule has 3 rings (SSSR count). The van der Waals surface area contributed by atoms with Crippen molar-refractivity contribution in [2.45, 2.75) is 18.3 Å². The second-order valence-corrected chi connectivity index (χ2v) is 4.54. The molecule has 0 N–H and O–H groups in total. The third-order valence-corrected chi connectivity index (χ3v) is 3.49. The number of rotatable bonds is 1. The summed E-state index contributed by atoms with van der Waals surface area (Å²) in [7, 11) is 1.93. The molecule has 1 aliphatic rings. The topological polar surface area (TPSA) is 4.93 Å². The SMILES string of the molecule is C#CC1(c2cn(C)c3cc(F)ccc23)CC1. The molecule has 2 aromatic rings. The van der Waals surface area contributed by atoms with Gasteiger partial charge in [-0.05, 0) is 36.6 Å². The Morgan fingerprint density at radius 2 is 2.19 bits per heavy atom. The molecule has 0 aliphatic heterocycles. The van der Waals surface area contributed by atoms with Gasteiger partial charge in [0.25, 0.3) is 0 Å². The first-order chi connectivity index (χ1) is 7.66. The van der Waals surface area contributed by atoms with Crippen LogP contribution in [0.15, 0.2) is 24.4 Å². The molecule has 0 amide bonds. The largest absolute Gasteiger partial charge is 0.350 e. The fraction of sp³-hybridized carbons (Fsp3) is 0.286. The van der Waals surface area contributed by atoms with Crippen molar-refractivity contribution in [2.75, 3.05) is 0 Å². The first-order valence-electron chi connectivity index (χ1n) is 5.39. The van der Waals surface area contributed by atoms with Crippen LogP contribution >= 0.6 is 0 Å². The average molecular weight is 213 g/mol. The normalized spacial score (nSPS) is 17.3. The number of aromatic nitrogens is 1.